The Morgan fingerprint density at radius 3 is 1.73 bits per heavy atom. The molecule has 0 saturated heterocycles. The largest absolute Gasteiger partial charge is 1.00 e. The van der Waals surface area contributed by atoms with E-state index in [-0.39, 0.29) is 59.1 Å². The van der Waals surface area contributed by atoms with E-state index in [2.05, 4.69) is 0 Å². The van der Waals surface area contributed by atoms with Crippen LogP contribution in [-0.4, -0.2) is 17.9 Å². The van der Waals surface area contributed by atoms with Crippen LogP contribution in [0.25, 0.3) is 0 Å². The molecule has 1 atom stereocenters. The van der Waals surface area contributed by atoms with E-state index in [0.29, 0.717) is 0 Å². The summed E-state index contributed by atoms with van der Waals surface area (Å²) in [6.45, 7) is 0. The predicted octanol–water partition coefficient (Wildman–Crippen LogP) is -8.58. The van der Waals surface area contributed by atoms with Gasteiger partial charge in [0.05, 0.1) is 0 Å². The second-order valence-electron chi connectivity index (χ2n) is 1.20. The van der Waals surface area contributed by atoms with Crippen LogP contribution in [0.4, 0.5) is 0 Å². The number of carbonyl (C=O) groups excluding carboxylic acids is 2. The fraction of sp³-hybridized carbons (Fsp3) is 0.333. The quantitative estimate of drug-likeness (QED) is 0.253. The van der Waals surface area contributed by atoms with E-state index in [9.17, 15) is 24.2 Å². The van der Waals surface area contributed by atoms with E-state index in [1.54, 1.807) is 0 Å². The summed E-state index contributed by atoms with van der Waals surface area (Å²) < 4.78 is 9.64. The van der Waals surface area contributed by atoms with Gasteiger partial charge in [0, 0.05) is 0 Å². The zero-order valence-electron chi connectivity index (χ0n) is 6.20. The second-order valence-corrected chi connectivity index (χ2v) is 2.18. The second kappa shape index (κ2) is 9.29. The molecule has 0 radical (unpaired) electrons. The Bertz CT molecular complexity index is 169. The molecular formula is C3H2Na2O5P+. The first-order valence-electron chi connectivity index (χ1n) is 1.90. The van der Waals surface area contributed by atoms with Crippen molar-refractivity contribution in [2.24, 2.45) is 0 Å². The first-order chi connectivity index (χ1) is 4.04. The van der Waals surface area contributed by atoms with Gasteiger partial charge >= 0.3 is 67.1 Å². The third-order valence-corrected chi connectivity index (χ3v) is 1.05. The van der Waals surface area contributed by atoms with Gasteiger partial charge in [0.1, 0.15) is 5.97 Å². The van der Waals surface area contributed by atoms with Gasteiger partial charge in [-0.3, -0.25) is 4.79 Å². The molecular weight excluding hydrogens is 193 g/mol. The topological polar surface area (TPSA) is 97.3 Å². The summed E-state index contributed by atoms with van der Waals surface area (Å²) in [5.74, 6) is -3.37. The molecule has 0 aliphatic carbocycles. The van der Waals surface area contributed by atoms with Crippen molar-refractivity contribution in [1.82, 2.24) is 0 Å². The van der Waals surface area contributed by atoms with Gasteiger partial charge in [0.15, 0.2) is 0 Å². The van der Waals surface area contributed by atoms with Crippen molar-refractivity contribution in [3.05, 3.63) is 0 Å². The van der Waals surface area contributed by atoms with Crippen LogP contribution in [0.5, 0.6) is 0 Å². The van der Waals surface area contributed by atoms with Crippen LogP contribution >= 0.6 is 8.03 Å². The van der Waals surface area contributed by atoms with Crippen molar-refractivity contribution in [1.29, 1.82) is 0 Å². The summed E-state index contributed by atoms with van der Waals surface area (Å²) in [6, 6.07) is 0. The number of rotatable bonds is 3. The van der Waals surface area contributed by atoms with Crippen molar-refractivity contribution in [2.45, 2.75) is 0 Å². The van der Waals surface area contributed by atoms with Crippen molar-refractivity contribution in [2.75, 3.05) is 6.16 Å². The van der Waals surface area contributed by atoms with E-state index in [0.717, 1.165) is 0 Å². The van der Waals surface area contributed by atoms with E-state index in [1.165, 1.54) is 0 Å². The van der Waals surface area contributed by atoms with Crippen LogP contribution in [0.3, 0.4) is 0 Å². The molecule has 0 rings (SSSR count). The van der Waals surface area contributed by atoms with Gasteiger partial charge in [-0.1, -0.05) is 4.57 Å². The minimum atomic E-state index is -2.94. The Hall–Kier alpha value is 1.20. The summed E-state index contributed by atoms with van der Waals surface area (Å²) >= 11 is 0. The number of ketones is 1. The molecule has 50 valence electrons. The third kappa shape index (κ3) is 11.2. The Kier molecular flexibility index (Phi) is 15.3. The molecule has 0 N–H and O–H groups in total. The van der Waals surface area contributed by atoms with E-state index < -0.39 is 25.9 Å². The number of hydrogen-bond acceptors (Lipinski definition) is 5. The summed E-state index contributed by atoms with van der Waals surface area (Å²) in [6.07, 6.45) is -0.975. The molecule has 11 heavy (non-hydrogen) atoms. The molecule has 1 unspecified atom stereocenters. The van der Waals surface area contributed by atoms with Crippen molar-refractivity contribution in [3.63, 3.8) is 0 Å². The maximum absolute atomic E-state index is 9.91. The molecule has 0 spiro atoms. The van der Waals surface area contributed by atoms with Crippen LogP contribution < -0.4 is 69.1 Å². The standard InChI is InChI=1S/C3H3O5P.2Na/c4-2(3(5)6)1-9(7)8;;/h1H2,(H,5,6);;/q;2*+1/p-1. The van der Waals surface area contributed by atoms with Gasteiger partial charge < -0.3 is 14.8 Å². The van der Waals surface area contributed by atoms with Crippen LogP contribution in [-0.2, 0) is 14.2 Å². The average Bonchev–Trinajstić information content (AvgIpc) is 1.63. The van der Waals surface area contributed by atoms with E-state index in [4.69, 9.17) is 0 Å². The maximum atomic E-state index is 9.91. The predicted molar refractivity (Wildman–Crippen MR) is 22.5 cm³/mol. The average molecular weight is 195 g/mol. The number of hydrogen-bond donors (Lipinski definition) is 0. The summed E-state index contributed by atoms with van der Waals surface area (Å²) in [5.41, 5.74) is 0. The van der Waals surface area contributed by atoms with Crippen LogP contribution in [0.15, 0.2) is 0 Å². The van der Waals surface area contributed by atoms with Gasteiger partial charge in [-0.15, -0.1) is 0 Å². The summed E-state index contributed by atoms with van der Waals surface area (Å²) in [7, 11) is -2.94. The number of aliphatic carboxylic acids is 1. The van der Waals surface area contributed by atoms with Gasteiger partial charge in [-0.25, -0.2) is 0 Å². The molecule has 0 aliphatic rings. The molecule has 0 aromatic rings. The van der Waals surface area contributed by atoms with E-state index >= 15 is 0 Å². The van der Waals surface area contributed by atoms with Gasteiger partial charge in [-0.2, -0.15) is 0 Å². The monoisotopic (exact) mass is 195 g/mol. The van der Waals surface area contributed by atoms with Crippen LogP contribution in [0.2, 0.25) is 0 Å². The first-order valence-corrected chi connectivity index (χ1v) is 3.26. The Balaban J connectivity index is -0.000000320. The van der Waals surface area contributed by atoms with E-state index in [1.807, 2.05) is 0 Å². The third-order valence-electron chi connectivity index (χ3n) is 0.500. The molecule has 0 fully saturated rings. The summed E-state index contributed by atoms with van der Waals surface area (Å²) in [4.78, 5) is 29.1. The Morgan fingerprint density at radius 1 is 1.27 bits per heavy atom. The molecule has 0 saturated carbocycles. The Labute approximate surface area is 108 Å². The smallest absolute Gasteiger partial charge is 0.595 e. The fourth-order valence-corrected chi connectivity index (χ4v) is 0.545. The SMILES string of the molecule is O=C([O-])C(=O)C[P+](=O)[O-].[Na+].[Na+]. The molecule has 0 bridgehead atoms. The van der Waals surface area contributed by atoms with Gasteiger partial charge in [-0.05, 0) is 0 Å². The molecule has 0 heterocycles. The van der Waals surface area contributed by atoms with Gasteiger partial charge in [0.25, 0.3) is 0 Å². The molecule has 0 aromatic heterocycles. The first kappa shape index (κ1) is 18.1. The number of carbonyl (C=O) groups is 2. The normalized spacial score (nSPS) is 8.64. The molecule has 0 aliphatic heterocycles. The number of carboxylic acids is 1. The molecule has 5 nitrogen and oxygen atoms in total. The zero-order valence-corrected chi connectivity index (χ0v) is 11.1. The van der Waals surface area contributed by atoms with Crippen LogP contribution in [0, 0.1) is 0 Å². The van der Waals surface area contributed by atoms with Crippen molar-refractivity contribution in [3.8, 4) is 0 Å². The van der Waals surface area contributed by atoms with Crippen LogP contribution in [0.1, 0.15) is 0 Å². The fourth-order valence-electron chi connectivity index (χ4n) is 0.182. The Morgan fingerprint density at radius 2 is 1.64 bits per heavy atom. The minimum Gasteiger partial charge on any atom is -0.595 e. The zero-order chi connectivity index (χ0) is 7.44. The number of carboxylic acid groups (broad SMARTS) is 1. The molecule has 0 amide bonds. The molecule has 0 aromatic carbocycles. The number of Topliss-reactive ketones (excluding diaryl/α,β-unsaturated/α-hetero) is 1. The maximum Gasteiger partial charge on any atom is 1.00 e. The van der Waals surface area contributed by atoms with Crippen molar-refractivity contribution >= 4 is 19.8 Å². The van der Waals surface area contributed by atoms with Crippen molar-refractivity contribution < 1.29 is 83.3 Å². The summed E-state index contributed by atoms with van der Waals surface area (Å²) in [5, 5.41) is 9.51. The van der Waals surface area contributed by atoms with Gasteiger partial charge in [0.2, 0.25) is 11.9 Å². The minimum absolute atomic E-state index is 0. The molecule has 8 heteroatoms.